The van der Waals surface area contributed by atoms with Crippen molar-refractivity contribution in [2.75, 3.05) is 6.54 Å². The first-order valence-electron chi connectivity index (χ1n) is 7.31. The Labute approximate surface area is 132 Å². The topological polar surface area (TPSA) is 21.6 Å². The molecule has 0 saturated carbocycles. The molecule has 0 spiro atoms. The van der Waals surface area contributed by atoms with E-state index in [2.05, 4.69) is 4.99 Å². The lowest BCUT2D eigenvalue weighted by Gasteiger charge is -2.30. The molecule has 23 heavy (non-hydrogen) atoms. The van der Waals surface area contributed by atoms with Crippen molar-refractivity contribution in [3.8, 4) is 0 Å². The molecule has 5 heteroatoms. The molecule has 1 unspecified atom stereocenters. The number of alkyl halides is 3. The summed E-state index contributed by atoms with van der Waals surface area (Å²) < 4.78 is 45.0. The zero-order valence-corrected chi connectivity index (χ0v) is 12.6. The van der Waals surface area contributed by atoms with Crippen LogP contribution in [0.25, 0.3) is 0 Å². The van der Waals surface area contributed by atoms with Gasteiger partial charge in [0.2, 0.25) is 5.90 Å². The fourth-order valence-corrected chi connectivity index (χ4v) is 2.71. The molecule has 2 nitrogen and oxygen atoms in total. The van der Waals surface area contributed by atoms with Gasteiger partial charge in [-0.05, 0) is 24.6 Å². The summed E-state index contributed by atoms with van der Waals surface area (Å²) in [6.07, 6.45) is -5.41. The third-order valence-corrected chi connectivity index (χ3v) is 3.85. The van der Waals surface area contributed by atoms with Crippen LogP contribution in [0.5, 0.6) is 0 Å². The second-order valence-corrected chi connectivity index (χ2v) is 5.74. The van der Waals surface area contributed by atoms with Gasteiger partial charge in [-0.25, -0.2) is 4.99 Å². The van der Waals surface area contributed by atoms with Gasteiger partial charge >= 0.3 is 6.18 Å². The molecule has 120 valence electrons. The maximum absolute atomic E-state index is 13.1. The molecule has 1 aliphatic rings. The molecule has 2 aromatic carbocycles. The van der Waals surface area contributed by atoms with E-state index in [-0.39, 0.29) is 12.4 Å². The minimum absolute atomic E-state index is 0.0419. The van der Waals surface area contributed by atoms with Crippen LogP contribution in [0.4, 0.5) is 13.2 Å². The fraction of sp³-hybridized carbons (Fsp3) is 0.278. The largest absolute Gasteiger partial charge is 0.464 e. The quantitative estimate of drug-likeness (QED) is 0.809. The summed E-state index contributed by atoms with van der Waals surface area (Å²) in [6.45, 7) is 1.90. The summed E-state index contributed by atoms with van der Waals surface area (Å²) in [4.78, 5) is 4.24. The summed E-state index contributed by atoms with van der Waals surface area (Å²) >= 11 is 0. The lowest BCUT2D eigenvalue weighted by atomic mass is 9.90. The van der Waals surface area contributed by atoms with E-state index in [9.17, 15) is 13.2 Å². The minimum Gasteiger partial charge on any atom is -0.464 e. The Morgan fingerprint density at radius 3 is 2.30 bits per heavy atom. The van der Waals surface area contributed by atoms with Crippen molar-refractivity contribution in [2.24, 2.45) is 4.99 Å². The van der Waals surface area contributed by atoms with Crippen LogP contribution < -0.4 is 0 Å². The molecule has 3 rings (SSSR count). The molecule has 0 amide bonds. The van der Waals surface area contributed by atoms with Gasteiger partial charge in [-0.2, -0.15) is 13.2 Å². The van der Waals surface area contributed by atoms with E-state index in [4.69, 9.17) is 4.74 Å². The SMILES string of the molecule is Cc1ccc(C2=NCC(CC(F)(F)F)(c3ccccc3)O2)cc1. The van der Waals surface area contributed by atoms with E-state index in [1.807, 2.05) is 31.2 Å². The van der Waals surface area contributed by atoms with Gasteiger partial charge in [0, 0.05) is 5.56 Å². The predicted octanol–water partition coefficient (Wildman–Crippen LogP) is 4.62. The van der Waals surface area contributed by atoms with Crippen LogP contribution in [-0.2, 0) is 10.3 Å². The Bertz CT molecular complexity index is 707. The molecule has 0 fully saturated rings. The summed E-state index contributed by atoms with van der Waals surface area (Å²) in [5.41, 5.74) is 0.760. The van der Waals surface area contributed by atoms with Crippen LogP contribution in [0.2, 0.25) is 0 Å². The van der Waals surface area contributed by atoms with Crippen molar-refractivity contribution in [3.63, 3.8) is 0 Å². The van der Waals surface area contributed by atoms with E-state index in [1.54, 1.807) is 30.3 Å². The number of nitrogens with zero attached hydrogens (tertiary/aromatic N) is 1. The van der Waals surface area contributed by atoms with E-state index < -0.39 is 18.2 Å². The normalized spacial score (nSPS) is 21.0. The maximum Gasteiger partial charge on any atom is 0.393 e. The number of aliphatic imine (C=N–C) groups is 1. The van der Waals surface area contributed by atoms with Gasteiger partial charge in [-0.3, -0.25) is 0 Å². The second-order valence-electron chi connectivity index (χ2n) is 5.74. The predicted molar refractivity (Wildman–Crippen MR) is 82.5 cm³/mol. The number of rotatable bonds is 3. The highest BCUT2D eigenvalue weighted by atomic mass is 19.4. The molecule has 1 atom stereocenters. The van der Waals surface area contributed by atoms with Crippen LogP contribution >= 0.6 is 0 Å². The highest BCUT2D eigenvalue weighted by molar-refractivity contribution is 5.95. The maximum atomic E-state index is 13.1. The van der Waals surface area contributed by atoms with Gasteiger partial charge in [0.15, 0.2) is 5.60 Å². The minimum atomic E-state index is -4.34. The Kier molecular flexibility index (Phi) is 3.88. The smallest absolute Gasteiger partial charge is 0.393 e. The Morgan fingerprint density at radius 1 is 1.04 bits per heavy atom. The monoisotopic (exact) mass is 319 g/mol. The fourth-order valence-electron chi connectivity index (χ4n) is 2.71. The van der Waals surface area contributed by atoms with Gasteiger partial charge in [0.05, 0.1) is 13.0 Å². The number of halogens is 3. The standard InChI is InChI=1S/C18H16F3NO/c1-13-7-9-14(10-8-13)16-22-12-17(23-16,11-18(19,20)21)15-5-3-2-4-6-15/h2-10H,11-12H2,1H3. The van der Waals surface area contributed by atoms with Crippen molar-refractivity contribution < 1.29 is 17.9 Å². The molecule has 2 aromatic rings. The van der Waals surface area contributed by atoms with Crippen LogP contribution in [0.15, 0.2) is 59.6 Å². The first-order chi connectivity index (χ1) is 10.9. The van der Waals surface area contributed by atoms with Gasteiger partial charge < -0.3 is 4.74 Å². The highest BCUT2D eigenvalue weighted by Gasteiger charge is 2.48. The summed E-state index contributed by atoms with van der Waals surface area (Å²) in [6, 6.07) is 15.9. The van der Waals surface area contributed by atoms with Gasteiger partial charge in [0.25, 0.3) is 0 Å². The molecule has 1 heterocycles. The number of aryl methyl sites for hydroxylation is 1. The van der Waals surface area contributed by atoms with E-state index in [0.29, 0.717) is 11.1 Å². The molecular weight excluding hydrogens is 303 g/mol. The van der Waals surface area contributed by atoms with Crippen molar-refractivity contribution in [2.45, 2.75) is 25.1 Å². The number of hydrogen-bond acceptors (Lipinski definition) is 2. The van der Waals surface area contributed by atoms with E-state index in [1.165, 1.54) is 0 Å². The zero-order chi connectivity index (χ0) is 16.5. The molecular formula is C18H16F3NO. The molecule has 0 radical (unpaired) electrons. The highest BCUT2D eigenvalue weighted by Crippen LogP contribution is 2.41. The molecule has 0 saturated heterocycles. The molecule has 0 bridgehead atoms. The zero-order valence-electron chi connectivity index (χ0n) is 12.6. The van der Waals surface area contributed by atoms with Crippen molar-refractivity contribution in [3.05, 3.63) is 71.3 Å². The number of hydrogen-bond donors (Lipinski definition) is 0. The summed E-state index contributed by atoms with van der Waals surface area (Å²) in [5.74, 6) is 0.262. The van der Waals surface area contributed by atoms with Crippen LogP contribution in [0.1, 0.15) is 23.1 Å². The first kappa shape index (κ1) is 15.6. The van der Waals surface area contributed by atoms with Crippen LogP contribution in [-0.4, -0.2) is 18.6 Å². The van der Waals surface area contributed by atoms with Gasteiger partial charge in [-0.15, -0.1) is 0 Å². The third kappa shape index (κ3) is 3.38. The van der Waals surface area contributed by atoms with Crippen molar-refractivity contribution in [1.29, 1.82) is 0 Å². The second kappa shape index (κ2) is 5.72. The molecule has 0 N–H and O–H groups in total. The lowest BCUT2D eigenvalue weighted by Crippen LogP contribution is -2.36. The van der Waals surface area contributed by atoms with Crippen molar-refractivity contribution >= 4 is 5.90 Å². The van der Waals surface area contributed by atoms with Gasteiger partial charge in [-0.1, -0.05) is 48.0 Å². The Hall–Kier alpha value is -2.30. The third-order valence-electron chi connectivity index (χ3n) is 3.85. The molecule has 0 aliphatic carbocycles. The molecule has 1 aliphatic heterocycles. The van der Waals surface area contributed by atoms with E-state index in [0.717, 1.165) is 5.56 Å². The summed E-state index contributed by atoms with van der Waals surface area (Å²) in [5, 5.41) is 0. The average molecular weight is 319 g/mol. The number of benzene rings is 2. The van der Waals surface area contributed by atoms with Crippen LogP contribution in [0.3, 0.4) is 0 Å². The van der Waals surface area contributed by atoms with Crippen molar-refractivity contribution in [1.82, 2.24) is 0 Å². The Balaban J connectivity index is 1.93. The lowest BCUT2D eigenvalue weighted by molar-refractivity contribution is -0.170. The first-order valence-corrected chi connectivity index (χ1v) is 7.31. The Morgan fingerprint density at radius 2 is 1.70 bits per heavy atom. The van der Waals surface area contributed by atoms with E-state index >= 15 is 0 Å². The molecule has 0 aromatic heterocycles. The van der Waals surface area contributed by atoms with Gasteiger partial charge in [0.1, 0.15) is 0 Å². The summed E-state index contributed by atoms with van der Waals surface area (Å²) in [7, 11) is 0. The van der Waals surface area contributed by atoms with Crippen LogP contribution in [0, 0.1) is 6.92 Å². The number of ether oxygens (including phenoxy) is 1. The average Bonchev–Trinajstić information content (AvgIpc) is 2.92.